The Hall–Kier alpha value is -0.120. The highest BCUT2D eigenvalue weighted by atomic mass is 16.3. The summed E-state index contributed by atoms with van der Waals surface area (Å²) in [4.78, 5) is 2.65. The third kappa shape index (κ3) is 4.94. The summed E-state index contributed by atoms with van der Waals surface area (Å²) in [6.07, 6.45) is 6.47. The van der Waals surface area contributed by atoms with Crippen LogP contribution in [0, 0.1) is 11.8 Å². The van der Waals surface area contributed by atoms with Gasteiger partial charge in [0, 0.05) is 19.2 Å². The Labute approximate surface area is 106 Å². The SMILES string of the molecule is CC(CCO)CNC1CCN(CC2CC2)CC1. The van der Waals surface area contributed by atoms with Crippen LogP contribution in [0.5, 0.6) is 0 Å². The first kappa shape index (κ1) is 13.3. The number of piperidine rings is 1. The molecule has 2 N–H and O–H groups in total. The second-order valence-electron chi connectivity index (χ2n) is 6.04. The molecule has 17 heavy (non-hydrogen) atoms. The molecule has 0 spiro atoms. The Bertz CT molecular complexity index is 210. The van der Waals surface area contributed by atoms with Gasteiger partial charge in [-0.3, -0.25) is 0 Å². The normalized spacial score (nSPS) is 25.1. The Morgan fingerprint density at radius 2 is 1.94 bits per heavy atom. The van der Waals surface area contributed by atoms with Crippen LogP contribution in [0.15, 0.2) is 0 Å². The van der Waals surface area contributed by atoms with E-state index in [0.717, 1.165) is 18.9 Å². The van der Waals surface area contributed by atoms with Crippen LogP contribution in [0.2, 0.25) is 0 Å². The second kappa shape index (κ2) is 6.72. The van der Waals surface area contributed by atoms with Crippen molar-refractivity contribution >= 4 is 0 Å². The summed E-state index contributed by atoms with van der Waals surface area (Å²) >= 11 is 0. The first-order valence-corrected chi connectivity index (χ1v) is 7.34. The molecule has 0 bridgehead atoms. The molecule has 1 unspecified atom stereocenters. The van der Waals surface area contributed by atoms with Crippen molar-refractivity contribution in [3.63, 3.8) is 0 Å². The molecule has 1 aliphatic heterocycles. The molecule has 1 atom stereocenters. The molecule has 0 aromatic heterocycles. The van der Waals surface area contributed by atoms with Gasteiger partial charge < -0.3 is 15.3 Å². The van der Waals surface area contributed by atoms with Gasteiger partial charge >= 0.3 is 0 Å². The van der Waals surface area contributed by atoms with Crippen molar-refractivity contribution in [3.05, 3.63) is 0 Å². The zero-order valence-corrected chi connectivity index (χ0v) is 11.2. The Kier molecular flexibility index (Phi) is 5.26. The quantitative estimate of drug-likeness (QED) is 0.707. The lowest BCUT2D eigenvalue weighted by molar-refractivity contribution is 0.186. The summed E-state index contributed by atoms with van der Waals surface area (Å²) in [5.74, 6) is 1.63. The summed E-state index contributed by atoms with van der Waals surface area (Å²) in [5, 5.41) is 12.5. The highest BCUT2D eigenvalue weighted by molar-refractivity contribution is 4.82. The van der Waals surface area contributed by atoms with Gasteiger partial charge in [-0.1, -0.05) is 6.92 Å². The van der Waals surface area contributed by atoms with Crippen molar-refractivity contribution in [2.45, 2.75) is 45.1 Å². The number of rotatable bonds is 7. The number of nitrogens with zero attached hydrogens (tertiary/aromatic N) is 1. The molecule has 1 saturated carbocycles. The van der Waals surface area contributed by atoms with Crippen LogP contribution in [0.3, 0.4) is 0 Å². The second-order valence-corrected chi connectivity index (χ2v) is 6.04. The molecule has 1 aliphatic carbocycles. The minimum atomic E-state index is 0.322. The van der Waals surface area contributed by atoms with E-state index in [1.165, 1.54) is 45.3 Å². The fourth-order valence-corrected chi connectivity index (χ4v) is 2.68. The Morgan fingerprint density at radius 3 is 2.53 bits per heavy atom. The van der Waals surface area contributed by atoms with E-state index in [9.17, 15) is 0 Å². The zero-order valence-electron chi connectivity index (χ0n) is 11.2. The Balaban J connectivity index is 1.55. The molecular formula is C14H28N2O. The Morgan fingerprint density at radius 1 is 1.24 bits per heavy atom. The van der Waals surface area contributed by atoms with Crippen LogP contribution >= 0.6 is 0 Å². The maximum absolute atomic E-state index is 8.86. The van der Waals surface area contributed by atoms with E-state index >= 15 is 0 Å². The summed E-state index contributed by atoms with van der Waals surface area (Å²) < 4.78 is 0. The number of hydrogen-bond acceptors (Lipinski definition) is 3. The summed E-state index contributed by atoms with van der Waals surface area (Å²) in [6.45, 7) is 7.51. The predicted octanol–water partition coefficient (Wildman–Crippen LogP) is 1.47. The van der Waals surface area contributed by atoms with Crippen molar-refractivity contribution in [1.29, 1.82) is 0 Å². The molecule has 0 amide bonds. The molecule has 0 aromatic carbocycles. The van der Waals surface area contributed by atoms with Crippen LogP contribution in [0.4, 0.5) is 0 Å². The lowest BCUT2D eigenvalue weighted by atomic mass is 10.0. The summed E-state index contributed by atoms with van der Waals surface area (Å²) in [7, 11) is 0. The van der Waals surface area contributed by atoms with Gasteiger partial charge in [-0.05, 0) is 63.6 Å². The maximum atomic E-state index is 8.86. The van der Waals surface area contributed by atoms with Gasteiger partial charge in [0.1, 0.15) is 0 Å². The van der Waals surface area contributed by atoms with Crippen molar-refractivity contribution in [2.75, 3.05) is 32.8 Å². The van der Waals surface area contributed by atoms with Gasteiger partial charge in [0.05, 0.1) is 0 Å². The number of likely N-dealkylation sites (tertiary alicyclic amines) is 1. The molecule has 3 heteroatoms. The van der Waals surface area contributed by atoms with Crippen LogP contribution in [0.1, 0.15) is 39.0 Å². The van der Waals surface area contributed by atoms with Crippen LogP contribution < -0.4 is 5.32 Å². The first-order valence-electron chi connectivity index (χ1n) is 7.34. The monoisotopic (exact) mass is 240 g/mol. The lowest BCUT2D eigenvalue weighted by Gasteiger charge is -2.33. The van der Waals surface area contributed by atoms with Gasteiger partial charge in [0.25, 0.3) is 0 Å². The topological polar surface area (TPSA) is 35.5 Å². The fraction of sp³-hybridized carbons (Fsp3) is 1.00. The highest BCUT2D eigenvalue weighted by Gasteiger charge is 2.26. The molecule has 2 aliphatic rings. The standard InChI is InChI=1S/C14H28N2O/c1-12(6-9-17)10-15-14-4-7-16(8-5-14)11-13-2-3-13/h12-15,17H,2-11H2,1H3. The van der Waals surface area contributed by atoms with Crippen molar-refractivity contribution in [2.24, 2.45) is 11.8 Å². The minimum absolute atomic E-state index is 0.322. The summed E-state index contributed by atoms with van der Waals surface area (Å²) in [5.41, 5.74) is 0. The van der Waals surface area contributed by atoms with E-state index < -0.39 is 0 Å². The summed E-state index contributed by atoms with van der Waals surface area (Å²) in [6, 6.07) is 0.714. The van der Waals surface area contributed by atoms with Crippen molar-refractivity contribution < 1.29 is 5.11 Å². The van der Waals surface area contributed by atoms with Crippen molar-refractivity contribution in [1.82, 2.24) is 10.2 Å². The largest absolute Gasteiger partial charge is 0.396 e. The average molecular weight is 240 g/mol. The van der Waals surface area contributed by atoms with Crippen LogP contribution in [-0.4, -0.2) is 48.8 Å². The zero-order chi connectivity index (χ0) is 12.1. The molecule has 2 rings (SSSR count). The van der Waals surface area contributed by atoms with Gasteiger partial charge in [-0.15, -0.1) is 0 Å². The van der Waals surface area contributed by atoms with Gasteiger partial charge in [-0.2, -0.15) is 0 Å². The number of nitrogens with one attached hydrogen (secondary N) is 1. The van der Waals surface area contributed by atoms with E-state index in [1.807, 2.05) is 0 Å². The molecule has 0 radical (unpaired) electrons. The molecule has 100 valence electrons. The third-order valence-corrected chi connectivity index (χ3v) is 4.18. The molecular weight excluding hydrogens is 212 g/mol. The number of hydrogen-bond donors (Lipinski definition) is 2. The van der Waals surface area contributed by atoms with Crippen LogP contribution in [-0.2, 0) is 0 Å². The van der Waals surface area contributed by atoms with E-state index in [-0.39, 0.29) is 0 Å². The highest BCUT2D eigenvalue weighted by Crippen LogP contribution is 2.30. The molecule has 1 heterocycles. The van der Waals surface area contributed by atoms with E-state index in [2.05, 4.69) is 17.1 Å². The number of aliphatic hydroxyl groups excluding tert-OH is 1. The third-order valence-electron chi connectivity index (χ3n) is 4.18. The average Bonchev–Trinajstić information content (AvgIpc) is 3.13. The van der Waals surface area contributed by atoms with E-state index in [1.54, 1.807) is 0 Å². The molecule has 3 nitrogen and oxygen atoms in total. The molecule has 0 aromatic rings. The van der Waals surface area contributed by atoms with Gasteiger partial charge in [0.2, 0.25) is 0 Å². The predicted molar refractivity (Wildman–Crippen MR) is 71.1 cm³/mol. The van der Waals surface area contributed by atoms with Gasteiger partial charge in [0.15, 0.2) is 0 Å². The smallest absolute Gasteiger partial charge is 0.0434 e. The number of aliphatic hydroxyl groups is 1. The van der Waals surface area contributed by atoms with Crippen molar-refractivity contribution in [3.8, 4) is 0 Å². The first-order chi connectivity index (χ1) is 8.28. The van der Waals surface area contributed by atoms with E-state index in [0.29, 0.717) is 18.6 Å². The van der Waals surface area contributed by atoms with Gasteiger partial charge in [-0.25, -0.2) is 0 Å². The fourth-order valence-electron chi connectivity index (χ4n) is 2.68. The lowest BCUT2D eigenvalue weighted by Crippen LogP contribution is -2.44. The molecule has 2 fully saturated rings. The maximum Gasteiger partial charge on any atom is 0.0434 e. The molecule has 1 saturated heterocycles. The minimum Gasteiger partial charge on any atom is -0.396 e. The van der Waals surface area contributed by atoms with Crippen LogP contribution in [0.25, 0.3) is 0 Å². The van der Waals surface area contributed by atoms with E-state index in [4.69, 9.17) is 5.11 Å².